The quantitative estimate of drug-likeness (QED) is 0.649. The summed E-state index contributed by atoms with van der Waals surface area (Å²) in [5.41, 5.74) is 1.50. The SMILES string of the molecule is CCCc1cc(C(=O)OC)cc(S)c1OC. The lowest BCUT2D eigenvalue weighted by Gasteiger charge is -2.12. The second-order valence-corrected chi connectivity index (χ2v) is 3.91. The molecule has 16 heavy (non-hydrogen) atoms. The van der Waals surface area contributed by atoms with Crippen LogP contribution in [0.15, 0.2) is 17.0 Å². The summed E-state index contributed by atoms with van der Waals surface area (Å²) >= 11 is 4.31. The summed E-state index contributed by atoms with van der Waals surface area (Å²) in [5.74, 6) is 0.383. The van der Waals surface area contributed by atoms with Crippen LogP contribution in [0.3, 0.4) is 0 Å². The highest BCUT2D eigenvalue weighted by Gasteiger charge is 2.13. The number of aryl methyl sites for hydroxylation is 1. The third-order valence-corrected chi connectivity index (χ3v) is 2.62. The van der Waals surface area contributed by atoms with Crippen molar-refractivity contribution in [3.63, 3.8) is 0 Å². The molecule has 0 radical (unpaired) electrons. The van der Waals surface area contributed by atoms with Crippen molar-refractivity contribution in [1.82, 2.24) is 0 Å². The summed E-state index contributed by atoms with van der Waals surface area (Å²) in [4.78, 5) is 12.1. The van der Waals surface area contributed by atoms with Gasteiger partial charge in [-0.25, -0.2) is 4.79 Å². The number of esters is 1. The molecular weight excluding hydrogens is 224 g/mol. The van der Waals surface area contributed by atoms with Crippen molar-refractivity contribution in [3.05, 3.63) is 23.3 Å². The zero-order valence-electron chi connectivity index (χ0n) is 9.74. The number of hydrogen-bond acceptors (Lipinski definition) is 4. The van der Waals surface area contributed by atoms with Gasteiger partial charge < -0.3 is 9.47 Å². The highest BCUT2D eigenvalue weighted by atomic mass is 32.1. The molecular formula is C12H16O3S. The minimum atomic E-state index is -0.352. The van der Waals surface area contributed by atoms with Crippen LogP contribution in [0.25, 0.3) is 0 Å². The molecule has 0 saturated carbocycles. The van der Waals surface area contributed by atoms with Crippen molar-refractivity contribution in [1.29, 1.82) is 0 Å². The van der Waals surface area contributed by atoms with Crippen molar-refractivity contribution < 1.29 is 14.3 Å². The largest absolute Gasteiger partial charge is 0.495 e. The summed E-state index contributed by atoms with van der Waals surface area (Å²) in [5, 5.41) is 0. The van der Waals surface area contributed by atoms with Crippen molar-refractivity contribution in [2.24, 2.45) is 0 Å². The van der Waals surface area contributed by atoms with E-state index in [-0.39, 0.29) is 5.97 Å². The van der Waals surface area contributed by atoms with E-state index in [1.807, 2.05) is 0 Å². The molecule has 0 aromatic heterocycles. The van der Waals surface area contributed by atoms with Crippen molar-refractivity contribution >= 4 is 18.6 Å². The smallest absolute Gasteiger partial charge is 0.337 e. The first-order valence-electron chi connectivity index (χ1n) is 5.12. The Morgan fingerprint density at radius 2 is 2.06 bits per heavy atom. The van der Waals surface area contributed by atoms with Crippen molar-refractivity contribution in [2.45, 2.75) is 24.7 Å². The Hall–Kier alpha value is -1.16. The molecule has 3 nitrogen and oxygen atoms in total. The fourth-order valence-corrected chi connectivity index (χ4v) is 1.97. The molecule has 1 aromatic carbocycles. The van der Waals surface area contributed by atoms with E-state index in [1.165, 1.54) is 7.11 Å². The second kappa shape index (κ2) is 5.80. The molecule has 0 aliphatic carbocycles. The van der Waals surface area contributed by atoms with Gasteiger partial charge in [-0.05, 0) is 24.1 Å². The Balaban J connectivity index is 3.22. The number of benzene rings is 1. The van der Waals surface area contributed by atoms with E-state index < -0.39 is 0 Å². The predicted octanol–water partition coefficient (Wildman–Crippen LogP) is 2.72. The van der Waals surface area contributed by atoms with Gasteiger partial charge in [-0.1, -0.05) is 13.3 Å². The van der Waals surface area contributed by atoms with E-state index in [1.54, 1.807) is 19.2 Å². The van der Waals surface area contributed by atoms with E-state index in [0.29, 0.717) is 10.5 Å². The molecule has 4 heteroatoms. The van der Waals surface area contributed by atoms with Crippen LogP contribution in [-0.2, 0) is 11.2 Å². The molecule has 0 aliphatic rings. The summed E-state index contributed by atoms with van der Waals surface area (Å²) < 4.78 is 9.95. The molecule has 0 fully saturated rings. The molecule has 0 N–H and O–H groups in total. The van der Waals surface area contributed by atoms with Gasteiger partial charge in [0, 0.05) is 4.90 Å². The van der Waals surface area contributed by atoms with Crippen molar-refractivity contribution in [2.75, 3.05) is 14.2 Å². The zero-order chi connectivity index (χ0) is 12.1. The number of hydrogen-bond donors (Lipinski definition) is 1. The third-order valence-electron chi connectivity index (χ3n) is 2.29. The Labute approximate surface area is 101 Å². The maximum absolute atomic E-state index is 11.4. The van der Waals surface area contributed by atoms with Gasteiger partial charge in [-0.15, -0.1) is 12.6 Å². The fraction of sp³-hybridized carbons (Fsp3) is 0.417. The van der Waals surface area contributed by atoms with Gasteiger partial charge in [-0.3, -0.25) is 0 Å². The molecule has 0 spiro atoms. The van der Waals surface area contributed by atoms with Gasteiger partial charge in [0.05, 0.1) is 19.8 Å². The van der Waals surface area contributed by atoms with Crippen LogP contribution in [0.1, 0.15) is 29.3 Å². The number of thiol groups is 1. The summed E-state index contributed by atoms with van der Waals surface area (Å²) in [6.45, 7) is 2.07. The van der Waals surface area contributed by atoms with Crippen LogP contribution in [0.4, 0.5) is 0 Å². The maximum atomic E-state index is 11.4. The van der Waals surface area contributed by atoms with E-state index >= 15 is 0 Å². The lowest BCUT2D eigenvalue weighted by Crippen LogP contribution is -2.04. The number of methoxy groups -OCH3 is 2. The second-order valence-electron chi connectivity index (χ2n) is 3.43. The van der Waals surface area contributed by atoms with Crippen LogP contribution in [-0.4, -0.2) is 20.2 Å². The zero-order valence-corrected chi connectivity index (χ0v) is 10.6. The van der Waals surface area contributed by atoms with E-state index in [2.05, 4.69) is 24.3 Å². The average Bonchev–Trinajstić information content (AvgIpc) is 2.28. The first kappa shape index (κ1) is 12.9. The van der Waals surface area contributed by atoms with Crippen LogP contribution in [0, 0.1) is 0 Å². The summed E-state index contributed by atoms with van der Waals surface area (Å²) in [6, 6.07) is 3.46. The number of ether oxygens (including phenoxy) is 2. The Bertz CT molecular complexity index is 388. The standard InChI is InChI=1S/C12H16O3S/c1-4-5-8-6-9(12(13)15-3)7-10(16)11(8)14-2/h6-7,16H,4-5H2,1-3H3. The molecule has 0 unspecified atom stereocenters. The molecule has 1 rings (SSSR count). The molecule has 0 bridgehead atoms. The van der Waals surface area contributed by atoms with Gasteiger partial charge >= 0.3 is 5.97 Å². The molecule has 0 heterocycles. The molecule has 0 saturated heterocycles. The highest BCUT2D eigenvalue weighted by Crippen LogP contribution is 2.30. The van der Waals surface area contributed by atoms with E-state index in [0.717, 1.165) is 24.2 Å². The lowest BCUT2D eigenvalue weighted by molar-refractivity contribution is 0.0600. The Kier molecular flexibility index (Phi) is 4.68. The maximum Gasteiger partial charge on any atom is 0.337 e. The van der Waals surface area contributed by atoms with Gasteiger partial charge in [0.15, 0.2) is 0 Å². The predicted molar refractivity (Wildman–Crippen MR) is 65.6 cm³/mol. The van der Waals surface area contributed by atoms with E-state index in [4.69, 9.17) is 4.74 Å². The molecule has 0 atom stereocenters. The van der Waals surface area contributed by atoms with Crippen LogP contribution in [0.2, 0.25) is 0 Å². The van der Waals surface area contributed by atoms with Gasteiger partial charge in [0.25, 0.3) is 0 Å². The van der Waals surface area contributed by atoms with Crippen LogP contribution >= 0.6 is 12.6 Å². The normalized spacial score (nSPS) is 10.0. The Morgan fingerprint density at radius 3 is 2.56 bits per heavy atom. The minimum absolute atomic E-state index is 0.352. The Morgan fingerprint density at radius 1 is 1.38 bits per heavy atom. The minimum Gasteiger partial charge on any atom is -0.495 e. The average molecular weight is 240 g/mol. The number of rotatable bonds is 4. The molecule has 1 aromatic rings. The topological polar surface area (TPSA) is 35.5 Å². The molecule has 0 aliphatic heterocycles. The fourth-order valence-electron chi connectivity index (χ4n) is 1.60. The molecule has 88 valence electrons. The number of carbonyl (C=O) groups excluding carboxylic acids is 1. The first-order valence-corrected chi connectivity index (χ1v) is 5.57. The monoisotopic (exact) mass is 240 g/mol. The van der Waals surface area contributed by atoms with Gasteiger partial charge in [-0.2, -0.15) is 0 Å². The van der Waals surface area contributed by atoms with Crippen LogP contribution in [0.5, 0.6) is 5.75 Å². The number of carbonyl (C=O) groups is 1. The molecule has 0 amide bonds. The summed E-state index contributed by atoms with van der Waals surface area (Å²) in [6.07, 6.45) is 1.83. The third kappa shape index (κ3) is 2.70. The highest BCUT2D eigenvalue weighted by molar-refractivity contribution is 7.80. The van der Waals surface area contributed by atoms with Crippen LogP contribution < -0.4 is 4.74 Å². The van der Waals surface area contributed by atoms with Gasteiger partial charge in [0.1, 0.15) is 5.75 Å². The first-order chi connectivity index (χ1) is 7.63. The van der Waals surface area contributed by atoms with Crippen molar-refractivity contribution in [3.8, 4) is 5.75 Å². The van der Waals surface area contributed by atoms with E-state index in [9.17, 15) is 4.79 Å². The summed E-state index contributed by atoms with van der Waals surface area (Å²) in [7, 11) is 2.97. The lowest BCUT2D eigenvalue weighted by atomic mass is 10.1. The van der Waals surface area contributed by atoms with Gasteiger partial charge in [0.2, 0.25) is 0 Å².